The standard InChI is InChI=1S/C14H16ClNO2/c1-16(14(17)10-5-3-4-6-10)12-9-11(15)7-8-13(12)18-2/h3-4,7-10H,5-6H2,1-2H3. The highest BCUT2D eigenvalue weighted by atomic mass is 35.5. The number of carbonyl (C=O) groups is 1. The summed E-state index contributed by atoms with van der Waals surface area (Å²) in [6.07, 6.45) is 5.72. The van der Waals surface area contributed by atoms with Crippen LogP contribution in [0, 0.1) is 5.92 Å². The highest BCUT2D eigenvalue weighted by Gasteiger charge is 2.25. The molecule has 0 fully saturated rings. The summed E-state index contributed by atoms with van der Waals surface area (Å²) in [5.41, 5.74) is 0.710. The third kappa shape index (κ3) is 2.51. The maximum Gasteiger partial charge on any atom is 0.230 e. The van der Waals surface area contributed by atoms with Crippen molar-refractivity contribution in [2.24, 2.45) is 5.92 Å². The molecule has 1 aromatic carbocycles. The van der Waals surface area contributed by atoms with Crippen LogP contribution < -0.4 is 9.64 Å². The third-order valence-corrected chi connectivity index (χ3v) is 3.43. The Morgan fingerprint density at radius 1 is 1.39 bits per heavy atom. The maximum absolute atomic E-state index is 12.3. The van der Waals surface area contributed by atoms with E-state index in [2.05, 4.69) is 0 Å². The zero-order valence-electron chi connectivity index (χ0n) is 10.5. The van der Waals surface area contributed by atoms with Crippen LogP contribution in [0.1, 0.15) is 12.8 Å². The second-order valence-corrected chi connectivity index (χ2v) is 4.79. The normalized spacial score (nSPS) is 14.8. The first kappa shape index (κ1) is 13.0. The number of halogens is 1. The summed E-state index contributed by atoms with van der Waals surface area (Å²) in [4.78, 5) is 13.9. The fraction of sp³-hybridized carbons (Fsp3) is 0.357. The van der Waals surface area contributed by atoms with E-state index in [9.17, 15) is 4.79 Å². The zero-order chi connectivity index (χ0) is 13.1. The van der Waals surface area contributed by atoms with Gasteiger partial charge >= 0.3 is 0 Å². The number of ether oxygens (including phenoxy) is 1. The van der Waals surface area contributed by atoms with Crippen molar-refractivity contribution in [3.63, 3.8) is 0 Å². The molecule has 1 aliphatic carbocycles. The van der Waals surface area contributed by atoms with Gasteiger partial charge < -0.3 is 9.64 Å². The number of allylic oxidation sites excluding steroid dienone is 2. The minimum Gasteiger partial charge on any atom is -0.495 e. The molecule has 1 aromatic rings. The second kappa shape index (κ2) is 5.44. The molecule has 0 saturated heterocycles. The summed E-state index contributed by atoms with van der Waals surface area (Å²) in [6.45, 7) is 0. The minimum absolute atomic E-state index is 0.0405. The maximum atomic E-state index is 12.3. The molecule has 1 aliphatic rings. The van der Waals surface area contributed by atoms with Gasteiger partial charge in [0.2, 0.25) is 5.91 Å². The van der Waals surface area contributed by atoms with Crippen LogP contribution in [-0.2, 0) is 4.79 Å². The van der Waals surface area contributed by atoms with Gasteiger partial charge in [-0.05, 0) is 31.0 Å². The van der Waals surface area contributed by atoms with Crippen LogP contribution in [0.25, 0.3) is 0 Å². The average Bonchev–Trinajstić information content (AvgIpc) is 2.90. The molecule has 0 unspecified atom stereocenters. The van der Waals surface area contributed by atoms with Crippen LogP contribution in [-0.4, -0.2) is 20.1 Å². The van der Waals surface area contributed by atoms with E-state index in [-0.39, 0.29) is 11.8 Å². The van der Waals surface area contributed by atoms with Crippen LogP contribution in [0.5, 0.6) is 5.75 Å². The van der Waals surface area contributed by atoms with E-state index in [1.165, 1.54) is 0 Å². The molecule has 0 N–H and O–H groups in total. The number of carbonyl (C=O) groups excluding carboxylic acids is 1. The number of rotatable bonds is 3. The van der Waals surface area contributed by atoms with Gasteiger partial charge in [-0.1, -0.05) is 23.8 Å². The Balaban J connectivity index is 2.24. The molecule has 18 heavy (non-hydrogen) atoms. The number of hydrogen-bond donors (Lipinski definition) is 0. The van der Waals surface area contributed by atoms with Crippen LogP contribution in [0.4, 0.5) is 5.69 Å². The molecular weight excluding hydrogens is 250 g/mol. The predicted molar refractivity (Wildman–Crippen MR) is 73.3 cm³/mol. The van der Waals surface area contributed by atoms with Gasteiger partial charge in [0.15, 0.2) is 0 Å². The average molecular weight is 266 g/mol. The van der Waals surface area contributed by atoms with E-state index in [4.69, 9.17) is 16.3 Å². The smallest absolute Gasteiger partial charge is 0.230 e. The molecule has 0 atom stereocenters. The molecular formula is C14H16ClNO2. The Labute approximate surface area is 112 Å². The number of methoxy groups -OCH3 is 1. The van der Waals surface area contributed by atoms with Crippen molar-refractivity contribution in [1.82, 2.24) is 0 Å². The van der Waals surface area contributed by atoms with E-state index >= 15 is 0 Å². The Hall–Kier alpha value is -1.48. The Morgan fingerprint density at radius 2 is 2.06 bits per heavy atom. The van der Waals surface area contributed by atoms with Crippen LogP contribution >= 0.6 is 11.6 Å². The lowest BCUT2D eigenvalue weighted by Gasteiger charge is -2.23. The van der Waals surface area contributed by atoms with Crippen molar-refractivity contribution in [2.75, 3.05) is 19.1 Å². The van der Waals surface area contributed by atoms with Crippen LogP contribution in [0.3, 0.4) is 0 Å². The Kier molecular flexibility index (Phi) is 3.92. The fourth-order valence-corrected chi connectivity index (χ4v) is 2.30. The van der Waals surface area contributed by atoms with Crippen LogP contribution in [0.15, 0.2) is 30.4 Å². The zero-order valence-corrected chi connectivity index (χ0v) is 11.3. The van der Waals surface area contributed by atoms with Gasteiger partial charge in [-0.3, -0.25) is 4.79 Å². The molecule has 0 heterocycles. The fourth-order valence-electron chi connectivity index (χ4n) is 2.14. The number of nitrogens with zero attached hydrogens (tertiary/aromatic N) is 1. The first-order valence-corrected chi connectivity index (χ1v) is 6.27. The molecule has 0 aromatic heterocycles. The van der Waals surface area contributed by atoms with Gasteiger partial charge in [-0.25, -0.2) is 0 Å². The summed E-state index contributed by atoms with van der Waals surface area (Å²) in [5, 5.41) is 0.593. The van der Waals surface area contributed by atoms with Crippen molar-refractivity contribution >= 4 is 23.2 Å². The molecule has 96 valence electrons. The molecule has 0 bridgehead atoms. The van der Waals surface area contributed by atoms with Gasteiger partial charge in [-0.2, -0.15) is 0 Å². The van der Waals surface area contributed by atoms with Gasteiger partial charge in [0.1, 0.15) is 5.75 Å². The minimum atomic E-state index is 0.0405. The number of anilines is 1. The molecule has 0 saturated carbocycles. The largest absolute Gasteiger partial charge is 0.495 e. The quantitative estimate of drug-likeness (QED) is 0.785. The Morgan fingerprint density at radius 3 is 2.67 bits per heavy atom. The van der Waals surface area contributed by atoms with Crippen LogP contribution in [0.2, 0.25) is 5.02 Å². The van der Waals surface area contributed by atoms with E-state index in [0.29, 0.717) is 16.5 Å². The topological polar surface area (TPSA) is 29.5 Å². The summed E-state index contributed by atoms with van der Waals surface area (Å²) in [7, 11) is 3.34. The number of benzene rings is 1. The van der Waals surface area contributed by atoms with Crippen molar-refractivity contribution in [2.45, 2.75) is 12.8 Å². The van der Waals surface area contributed by atoms with Crippen molar-refractivity contribution < 1.29 is 9.53 Å². The van der Waals surface area contributed by atoms with E-state index < -0.39 is 0 Å². The lowest BCUT2D eigenvalue weighted by Crippen LogP contribution is -2.32. The molecule has 0 radical (unpaired) electrons. The monoisotopic (exact) mass is 265 g/mol. The number of hydrogen-bond acceptors (Lipinski definition) is 2. The summed E-state index contributed by atoms with van der Waals surface area (Å²) >= 11 is 5.98. The first-order chi connectivity index (χ1) is 8.63. The van der Waals surface area contributed by atoms with E-state index in [1.807, 2.05) is 12.2 Å². The third-order valence-electron chi connectivity index (χ3n) is 3.19. The molecule has 0 aliphatic heterocycles. The molecule has 3 nitrogen and oxygen atoms in total. The van der Waals surface area contributed by atoms with Gasteiger partial charge in [-0.15, -0.1) is 0 Å². The predicted octanol–water partition coefficient (Wildman–Crippen LogP) is 3.28. The van der Waals surface area contributed by atoms with Gasteiger partial charge in [0.25, 0.3) is 0 Å². The summed E-state index contributed by atoms with van der Waals surface area (Å²) < 4.78 is 5.27. The lowest BCUT2D eigenvalue weighted by atomic mass is 10.1. The van der Waals surface area contributed by atoms with Crippen molar-refractivity contribution in [3.05, 3.63) is 35.4 Å². The van der Waals surface area contributed by atoms with Gasteiger partial charge in [0.05, 0.1) is 12.8 Å². The molecule has 0 spiro atoms. The van der Waals surface area contributed by atoms with Crippen molar-refractivity contribution in [1.29, 1.82) is 0 Å². The van der Waals surface area contributed by atoms with Gasteiger partial charge in [0, 0.05) is 18.0 Å². The summed E-state index contributed by atoms with van der Waals surface area (Å²) in [6, 6.07) is 5.27. The van der Waals surface area contributed by atoms with Crippen molar-refractivity contribution in [3.8, 4) is 5.75 Å². The molecule has 1 amide bonds. The van der Waals surface area contributed by atoms with E-state index in [1.54, 1.807) is 37.3 Å². The number of amides is 1. The summed E-state index contributed by atoms with van der Waals surface area (Å²) in [5.74, 6) is 0.792. The SMILES string of the molecule is COc1ccc(Cl)cc1N(C)C(=O)C1CC=CC1. The lowest BCUT2D eigenvalue weighted by molar-refractivity contribution is -0.121. The molecule has 4 heteroatoms. The highest BCUT2D eigenvalue weighted by Crippen LogP contribution is 2.32. The Bertz CT molecular complexity index is 477. The second-order valence-electron chi connectivity index (χ2n) is 4.35. The molecule has 2 rings (SSSR count). The highest BCUT2D eigenvalue weighted by molar-refractivity contribution is 6.31. The van der Waals surface area contributed by atoms with E-state index in [0.717, 1.165) is 12.8 Å². The first-order valence-electron chi connectivity index (χ1n) is 5.89.